The topological polar surface area (TPSA) is 58.8 Å². The molecule has 0 spiro atoms. The van der Waals surface area contributed by atoms with E-state index in [4.69, 9.17) is 39.8 Å². The fraction of sp³-hybridized carbons (Fsp3) is 0.143. The Kier molecular flexibility index (Phi) is 4.24. The fourth-order valence-electron chi connectivity index (χ4n) is 2.03. The lowest BCUT2D eigenvalue weighted by Gasteiger charge is -2.06. The van der Waals surface area contributed by atoms with Crippen molar-refractivity contribution in [3.05, 3.63) is 56.7 Å². The Bertz CT molecular complexity index is 868. The van der Waals surface area contributed by atoms with Crippen molar-refractivity contribution >= 4 is 35.4 Å². The van der Waals surface area contributed by atoms with E-state index in [2.05, 4.69) is 15.6 Å². The Morgan fingerprint density at radius 1 is 1.32 bits per heavy atom. The highest BCUT2D eigenvalue weighted by Crippen LogP contribution is 2.31. The maximum Gasteiger partial charge on any atom is 0.214 e. The molecule has 0 aliphatic heterocycles. The zero-order chi connectivity index (χ0) is 15.7. The summed E-state index contributed by atoms with van der Waals surface area (Å²) in [6.07, 6.45) is 0. The van der Waals surface area contributed by atoms with Crippen LogP contribution in [0.15, 0.2) is 34.7 Å². The Morgan fingerprint density at radius 3 is 2.82 bits per heavy atom. The molecule has 0 aliphatic carbocycles. The molecule has 1 aromatic carbocycles. The number of aromatic nitrogens is 3. The number of aryl methyl sites for hydroxylation is 1. The van der Waals surface area contributed by atoms with Gasteiger partial charge in [-0.15, -0.1) is 0 Å². The Labute approximate surface area is 141 Å². The van der Waals surface area contributed by atoms with Crippen LogP contribution >= 0.6 is 35.4 Å². The molecule has 114 valence electrons. The van der Waals surface area contributed by atoms with E-state index in [0.717, 1.165) is 17.1 Å². The van der Waals surface area contributed by atoms with Crippen molar-refractivity contribution in [2.24, 2.45) is 0 Å². The van der Waals surface area contributed by atoms with E-state index < -0.39 is 0 Å². The first-order valence-electron chi connectivity index (χ1n) is 6.46. The highest BCUT2D eigenvalue weighted by Gasteiger charge is 2.09. The van der Waals surface area contributed by atoms with Crippen LogP contribution in [0.1, 0.15) is 11.6 Å². The van der Waals surface area contributed by atoms with E-state index in [9.17, 15) is 0 Å². The predicted octanol–water partition coefficient (Wildman–Crippen LogP) is 4.56. The molecule has 2 heterocycles. The molecule has 2 N–H and O–H groups in total. The summed E-state index contributed by atoms with van der Waals surface area (Å²) in [5.74, 6) is 2.19. The van der Waals surface area contributed by atoms with Crippen LogP contribution in [-0.2, 0) is 6.54 Å². The van der Waals surface area contributed by atoms with Gasteiger partial charge in [0.2, 0.25) is 4.77 Å². The summed E-state index contributed by atoms with van der Waals surface area (Å²) in [5.41, 5.74) is 3.94. The highest BCUT2D eigenvalue weighted by molar-refractivity contribution is 7.71. The van der Waals surface area contributed by atoms with Crippen LogP contribution in [-0.4, -0.2) is 14.9 Å². The van der Waals surface area contributed by atoms with E-state index in [0.29, 0.717) is 27.1 Å². The quantitative estimate of drug-likeness (QED) is 0.674. The maximum atomic E-state index is 6.18. The summed E-state index contributed by atoms with van der Waals surface area (Å²) in [6, 6.07) is 9.04. The number of hydrogen-bond donors (Lipinski definition) is 2. The number of H-pyrrole nitrogens is 1. The fourth-order valence-corrected chi connectivity index (χ4v) is 2.77. The molecule has 0 saturated heterocycles. The molecule has 0 saturated carbocycles. The third-order valence-corrected chi connectivity index (χ3v) is 3.93. The number of halogens is 2. The summed E-state index contributed by atoms with van der Waals surface area (Å²) >= 11 is 17.2. The Balaban J connectivity index is 1.78. The molecule has 0 amide bonds. The normalized spacial score (nSPS) is 10.9. The number of rotatable bonds is 4. The van der Waals surface area contributed by atoms with Crippen molar-refractivity contribution < 1.29 is 4.42 Å². The monoisotopic (exact) mass is 354 g/mol. The van der Waals surface area contributed by atoms with Gasteiger partial charge in [-0.2, -0.15) is 5.10 Å². The van der Waals surface area contributed by atoms with Gasteiger partial charge in [-0.25, -0.2) is 4.68 Å². The SMILES string of the molecule is Cc1n[nH]c(=S)n1NCc1ccc(-c2ccc(Cl)cc2Cl)o1. The molecule has 3 rings (SSSR count). The lowest BCUT2D eigenvalue weighted by atomic mass is 10.2. The number of nitrogens with zero attached hydrogens (tertiary/aromatic N) is 2. The third kappa shape index (κ3) is 3.04. The standard InChI is InChI=1S/C14H12Cl2N4OS/c1-8-18-19-14(22)20(8)17-7-10-3-5-13(21-10)11-4-2-9(15)6-12(11)16/h2-6,17H,7H2,1H3,(H,19,22). The molecule has 8 heteroatoms. The van der Waals surface area contributed by atoms with Gasteiger partial charge in [-0.3, -0.25) is 5.10 Å². The third-order valence-electron chi connectivity index (χ3n) is 3.11. The van der Waals surface area contributed by atoms with Crippen molar-refractivity contribution in [1.82, 2.24) is 14.9 Å². The molecule has 0 atom stereocenters. The van der Waals surface area contributed by atoms with Gasteiger partial charge in [0.1, 0.15) is 17.3 Å². The first-order valence-corrected chi connectivity index (χ1v) is 7.63. The first-order chi connectivity index (χ1) is 10.5. The van der Waals surface area contributed by atoms with E-state index >= 15 is 0 Å². The van der Waals surface area contributed by atoms with Crippen LogP contribution in [0.4, 0.5) is 0 Å². The van der Waals surface area contributed by atoms with Crippen LogP contribution in [0.25, 0.3) is 11.3 Å². The molecule has 0 unspecified atom stereocenters. The molecule has 5 nitrogen and oxygen atoms in total. The number of nitrogens with one attached hydrogen (secondary N) is 2. The van der Waals surface area contributed by atoms with Crippen molar-refractivity contribution in [1.29, 1.82) is 0 Å². The molecule has 22 heavy (non-hydrogen) atoms. The summed E-state index contributed by atoms with van der Waals surface area (Å²) < 4.78 is 7.99. The lowest BCUT2D eigenvalue weighted by molar-refractivity contribution is 0.521. The van der Waals surface area contributed by atoms with Gasteiger partial charge in [-0.05, 0) is 49.5 Å². The van der Waals surface area contributed by atoms with E-state index in [1.54, 1.807) is 16.8 Å². The second kappa shape index (κ2) is 6.16. The minimum Gasteiger partial charge on any atom is -0.459 e. The van der Waals surface area contributed by atoms with Gasteiger partial charge in [0.15, 0.2) is 0 Å². The minimum atomic E-state index is 0.472. The largest absolute Gasteiger partial charge is 0.459 e. The van der Waals surface area contributed by atoms with Gasteiger partial charge in [0, 0.05) is 10.6 Å². The van der Waals surface area contributed by atoms with Crippen molar-refractivity contribution in [3.63, 3.8) is 0 Å². The van der Waals surface area contributed by atoms with Gasteiger partial charge >= 0.3 is 0 Å². The predicted molar refractivity (Wildman–Crippen MR) is 89.4 cm³/mol. The van der Waals surface area contributed by atoms with Gasteiger partial charge in [0.05, 0.1) is 11.6 Å². The molecule has 0 radical (unpaired) electrons. The average Bonchev–Trinajstić information content (AvgIpc) is 3.05. The summed E-state index contributed by atoms with van der Waals surface area (Å²) in [5, 5.41) is 7.87. The molecular formula is C14H12Cl2N4OS. The van der Waals surface area contributed by atoms with E-state index in [1.807, 2.05) is 25.1 Å². The average molecular weight is 355 g/mol. The smallest absolute Gasteiger partial charge is 0.214 e. The molecule has 0 bridgehead atoms. The summed E-state index contributed by atoms with van der Waals surface area (Å²) in [6.45, 7) is 2.32. The number of benzene rings is 1. The Morgan fingerprint density at radius 2 is 2.14 bits per heavy atom. The van der Waals surface area contributed by atoms with Crippen LogP contribution < -0.4 is 5.43 Å². The molecular weight excluding hydrogens is 343 g/mol. The number of aromatic amines is 1. The minimum absolute atomic E-state index is 0.472. The summed E-state index contributed by atoms with van der Waals surface area (Å²) in [7, 11) is 0. The maximum absolute atomic E-state index is 6.18. The van der Waals surface area contributed by atoms with Crippen molar-refractivity contribution in [3.8, 4) is 11.3 Å². The van der Waals surface area contributed by atoms with Gasteiger partial charge < -0.3 is 9.84 Å². The second-order valence-corrected chi connectivity index (χ2v) is 5.87. The first kappa shape index (κ1) is 15.1. The van der Waals surface area contributed by atoms with E-state index in [1.165, 1.54) is 0 Å². The second-order valence-electron chi connectivity index (χ2n) is 4.64. The zero-order valence-corrected chi connectivity index (χ0v) is 13.9. The summed E-state index contributed by atoms with van der Waals surface area (Å²) in [4.78, 5) is 0. The number of furan rings is 1. The van der Waals surface area contributed by atoms with Gasteiger partial charge in [0.25, 0.3) is 0 Å². The molecule has 2 aromatic heterocycles. The van der Waals surface area contributed by atoms with E-state index in [-0.39, 0.29) is 0 Å². The Hall–Kier alpha value is -1.76. The van der Waals surface area contributed by atoms with Crippen molar-refractivity contribution in [2.45, 2.75) is 13.5 Å². The van der Waals surface area contributed by atoms with Crippen molar-refractivity contribution in [2.75, 3.05) is 5.43 Å². The zero-order valence-electron chi connectivity index (χ0n) is 11.6. The molecule has 0 fully saturated rings. The highest BCUT2D eigenvalue weighted by atomic mass is 35.5. The lowest BCUT2D eigenvalue weighted by Crippen LogP contribution is -2.15. The number of hydrogen-bond acceptors (Lipinski definition) is 4. The van der Waals surface area contributed by atoms with Crippen LogP contribution in [0.3, 0.4) is 0 Å². The van der Waals surface area contributed by atoms with Crippen LogP contribution in [0, 0.1) is 11.7 Å². The van der Waals surface area contributed by atoms with Crippen LogP contribution in [0.2, 0.25) is 10.0 Å². The van der Waals surface area contributed by atoms with Crippen LogP contribution in [0.5, 0.6) is 0 Å². The molecule has 0 aliphatic rings. The van der Waals surface area contributed by atoms with Gasteiger partial charge in [-0.1, -0.05) is 23.2 Å². The molecule has 3 aromatic rings.